The number of nitrogens with zero attached hydrogens (tertiary/aromatic N) is 1. The van der Waals surface area contributed by atoms with Crippen LogP contribution < -0.4 is 5.73 Å². The Hall–Kier alpha value is -1.00. The first kappa shape index (κ1) is 10.2. The summed E-state index contributed by atoms with van der Waals surface area (Å²) >= 11 is 7.77. The van der Waals surface area contributed by atoms with Crippen molar-refractivity contribution in [2.75, 3.05) is 5.73 Å². The Labute approximate surface area is 102 Å². The summed E-state index contributed by atoms with van der Waals surface area (Å²) in [5.41, 5.74) is 7.00. The third kappa shape index (κ3) is 1.53. The fraction of sp³-hybridized carbons (Fsp3) is 0.364. The molecule has 84 valence electrons. The third-order valence-electron chi connectivity index (χ3n) is 2.88. The quantitative estimate of drug-likeness (QED) is 0.847. The second-order valence-electron chi connectivity index (χ2n) is 3.98. The predicted octanol–water partition coefficient (Wildman–Crippen LogP) is 3.52. The van der Waals surface area contributed by atoms with Crippen LogP contribution in [0.1, 0.15) is 23.3 Å². The van der Waals surface area contributed by atoms with Gasteiger partial charge in [-0.3, -0.25) is 0 Å². The van der Waals surface area contributed by atoms with Crippen molar-refractivity contribution in [3.8, 4) is 10.6 Å². The van der Waals surface area contributed by atoms with Crippen LogP contribution in [0.3, 0.4) is 0 Å². The fourth-order valence-corrected chi connectivity index (χ4v) is 3.51. The molecule has 3 nitrogen and oxygen atoms in total. The highest BCUT2D eigenvalue weighted by Crippen LogP contribution is 2.40. The van der Waals surface area contributed by atoms with Crippen LogP contribution in [-0.4, -0.2) is 5.16 Å². The smallest absolute Gasteiger partial charge is 0.197 e. The topological polar surface area (TPSA) is 52.0 Å². The monoisotopic (exact) mass is 254 g/mol. The van der Waals surface area contributed by atoms with Crippen molar-refractivity contribution in [3.63, 3.8) is 0 Å². The number of thiophene rings is 1. The number of halogens is 1. The molecule has 1 aliphatic rings. The van der Waals surface area contributed by atoms with Gasteiger partial charge in [0.25, 0.3) is 0 Å². The van der Waals surface area contributed by atoms with Gasteiger partial charge in [0.05, 0.1) is 4.88 Å². The molecule has 2 aromatic rings. The SMILES string of the molecule is Nc1noc(-c2cc3c(s2)CCCC3)c1Cl. The van der Waals surface area contributed by atoms with E-state index in [0.29, 0.717) is 10.8 Å². The van der Waals surface area contributed by atoms with Gasteiger partial charge in [-0.05, 0) is 37.3 Å². The molecule has 16 heavy (non-hydrogen) atoms. The molecular formula is C11H11ClN2OS. The number of aromatic nitrogens is 1. The highest BCUT2D eigenvalue weighted by molar-refractivity contribution is 7.15. The second-order valence-corrected chi connectivity index (χ2v) is 5.49. The summed E-state index contributed by atoms with van der Waals surface area (Å²) in [7, 11) is 0. The first-order chi connectivity index (χ1) is 7.75. The van der Waals surface area contributed by atoms with Crippen LogP contribution in [0.4, 0.5) is 5.82 Å². The van der Waals surface area contributed by atoms with Crippen molar-refractivity contribution >= 4 is 28.8 Å². The number of hydrogen-bond acceptors (Lipinski definition) is 4. The number of rotatable bonds is 1. The van der Waals surface area contributed by atoms with E-state index in [-0.39, 0.29) is 5.82 Å². The molecule has 0 saturated heterocycles. The summed E-state index contributed by atoms with van der Waals surface area (Å²) < 4.78 is 5.16. The molecule has 1 aliphatic carbocycles. The van der Waals surface area contributed by atoms with Gasteiger partial charge in [-0.15, -0.1) is 11.3 Å². The largest absolute Gasteiger partial charge is 0.380 e. The molecule has 0 amide bonds. The molecule has 3 rings (SSSR count). The van der Waals surface area contributed by atoms with Crippen LogP contribution in [0.15, 0.2) is 10.6 Å². The van der Waals surface area contributed by atoms with Gasteiger partial charge in [0.15, 0.2) is 11.6 Å². The van der Waals surface area contributed by atoms with Crippen molar-refractivity contribution in [2.24, 2.45) is 0 Å². The number of aryl methyl sites for hydroxylation is 2. The van der Waals surface area contributed by atoms with E-state index in [1.54, 1.807) is 11.3 Å². The van der Waals surface area contributed by atoms with Crippen LogP contribution >= 0.6 is 22.9 Å². The lowest BCUT2D eigenvalue weighted by Gasteiger charge is -2.08. The van der Waals surface area contributed by atoms with E-state index in [0.717, 1.165) is 11.3 Å². The lowest BCUT2D eigenvalue weighted by atomic mass is 9.99. The minimum absolute atomic E-state index is 0.267. The molecule has 0 aliphatic heterocycles. The highest BCUT2D eigenvalue weighted by atomic mass is 35.5. The maximum atomic E-state index is 6.03. The molecule has 0 spiro atoms. The van der Waals surface area contributed by atoms with E-state index in [4.69, 9.17) is 21.9 Å². The molecule has 0 atom stereocenters. The van der Waals surface area contributed by atoms with Gasteiger partial charge in [0.1, 0.15) is 5.02 Å². The average Bonchev–Trinajstić information content (AvgIpc) is 2.84. The van der Waals surface area contributed by atoms with Crippen molar-refractivity contribution in [3.05, 3.63) is 21.5 Å². The number of nitrogens with two attached hydrogens (primary N) is 1. The lowest BCUT2D eigenvalue weighted by Crippen LogP contribution is -1.96. The van der Waals surface area contributed by atoms with E-state index in [2.05, 4.69) is 11.2 Å². The van der Waals surface area contributed by atoms with Gasteiger partial charge in [-0.25, -0.2) is 0 Å². The van der Waals surface area contributed by atoms with E-state index in [1.165, 1.54) is 29.7 Å². The molecule has 0 radical (unpaired) electrons. The summed E-state index contributed by atoms with van der Waals surface area (Å²) in [5, 5.41) is 4.11. The summed E-state index contributed by atoms with van der Waals surface area (Å²) in [6.45, 7) is 0. The maximum absolute atomic E-state index is 6.03. The molecular weight excluding hydrogens is 244 g/mol. The molecule has 0 unspecified atom stereocenters. The number of nitrogen functional groups attached to an aromatic ring is 1. The van der Waals surface area contributed by atoms with Gasteiger partial charge >= 0.3 is 0 Å². The Morgan fingerprint density at radius 2 is 2.19 bits per heavy atom. The zero-order valence-corrected chi connectivity index (χ0v) is 10.2. The van der Waals surface area contributed by atoms with Crippen molar-refractivity contribution in [1.82, 2.24) is 5.16 Å². The first-order valence-electron chi connectivity index (χ1n) is 5.28. The lowest BCUT2D eigenvalue weighted by molar-refractivity contribution is 0.436. The number of hydrogen-bond donors (Lipinski definition) is 1. The Balaban J connectivity index is 2.07. The third-order valence-corrected chi connectivity index (χ3v) is 4.48. The minimum atomic E-state index is 0.267. The molecule has 0 aromatic carbocycles. The highest BCUT2D eigenvalue weighted by Gasteiger charge is 2.19. The van der Waals surface area contributed by atoms with E-state index in [1.807, 2.05) is 0 Å². The van der Waals surface area contributed by atoms with Crippen LogP contribution in [0.5, 0.6) is 0 Å². The molecule has 5 heteroatoms. The Bertz CT molecular complexity index is 509. The van der Waals surface area contributed by atoms with Crippen LogP contribution in [-0.2, 0) is 12.8 Å². The molecule has 2 aromatic heterocycles. The zero-order valence-electron chi connectivity index (χ0n) is 8.62. The van der Waals surface area contributed by atoms with Gasteiger partial charge in [-0.1, -0.05) is 16.8 Å². The molecule has 2 N–H and O–H groups in total. The maximum Gasteiger partial charge on any atom is 0.197 e. The van der Waals surface area contributed by atoms with E-state index < -0.39 is 0 Å². The fourth-order valence-electron chi connectivity index (χ4n) is 2.05. The minimum Gasteiger partial charge on any atom is -0.380 e. The van der Waals surface area contributed by atoms with E-state index >= 15 is 0 Å². The van der Waals surface area contributed by atoms with Gasteiger partial charge in [0.2, 0.25) is 0 Å². The summed E-state index contributed by atoms with van der Waals surface area (Å²) in [4.78, 5) is 2.49. The Morgan fingerprint density at radius 3 is 2.88 bits per heavy atom. The Morgan fingerprint density at radius 1 is 1.38 bits per heavy atom. The van der Waals surface area contributed by atoms with Crippen molar-refractivity contribution < 1.29 is 4.52 Å². The molecule has 0 saturated carbocycles. The normalized spacial score (nSPS) is 15.1. The van der Waals surface area contributed by atoms with Crippen LogP contribution in [0.25, 0.3) is 10.6 Å². The number of fused-ring (bicyclic) bond motifs is 1. The van der Waals surface area contributed by atoms with Gasteiger partial charge in [0, 0.05) is 4.88 Å². The summed E-state index contributed by atoms with van der Waals surface area (Å²) in [6, 6.07) is 2.16. The van der Waals surface area contributed by atoms with Crippen molar-refractivity contribution in [1.29, 1.82) is 0 Å². The molecule has 0 fully saturated rings. The van der Waals surface area contributed by atoms with Gasteiger partial charge < -0.3 is 10.3 Å². The van der Waals surface area contributed by atoms with Crippen LogP contribution in [0.2, 0.25) is 5.02 Å². The van der Waals surface area contributed by atoms with Crippen LogP contribution in [0, 0.1) is 0 Å². The summed E-state index contributed by atoms with van der Waals surface area (Å²) in [5.74, 6) is 0.876. The predicted molar refractivity (Wildman–Crippen MR) is 65.9 cm³/mol. The average molecular weight is 255 g/mol. The second kappa shape index (κ2) is 3.79. The molecule has 0 bridgehead atoms. The first-order valence-corrected chi connectivity index (χ1v) is 6.48. The zero-order chi connectivity index (χ0) is 11.1. The number of anilines is 1. The van der Waals surface area contributed by atoms with Crippen molar-refractivity contribution in [2.45, 2.75) is 25.7 Å². The van der Waals surface area contributed by atoms with Gasteiger partial charge in [-0.2, -0.15) is 0 Å². The Kier molecular flexibility index (Phi) is 2.41. The summed E-state index contributed by atoms with van der Waals surface area (Å²) in [6.07, 6.45) is 4.88. The molecule has 2 heterocycles. The standard InChI is InChI=1S/C11H11ClN2OS/c12-9-10(15-14-11(9)13)8-5-6-3-1-2-4-7(6)16-8/h5H,1-4H2,(H2,13,14). The van der Waals surface area contributed by atoms with E-state index in [9.17, 15) is 0 Å².